The zero-order chi connectivity index (χ0) is 16.3. The Labute approximate surface area is 132 Å². The number of carbonyl (C=O) groups is 1. The molecule has 2 rings (SSSR count). The summed E-state index contributed by atoms with van der Waals surface area (Å²) in [6.45, 7) is 7.55. The second-order valence-electron chi connectivity index (χ2n) is 7.00. The molecule has 1 aromatic carbocycles. The van der Waals surface area contributed by atoms with Crippen LogP contribution in [0.1, 0.15) is 45.6 Å². The van der Waals surface area contributed by atoms with Gasteiger partial charge < -0.3 is 20.5 Å². The Morgan fingerprint density at radius 2 is 1.95 bits per heavy atom. The molecule has 1 saturated carbocycles. The molecule has 0 saturated heterocycles. The maximum absolute atomic E-state index is 11.8. The first-order valence-corrected chi connectivity index (χ1v) is 7.78. The molecule has 2 atom stereocenters. The van der Waals surface area contributed by atoms with Crippen LogP contribution in [0.15, 0.2) is 18.2 Å². The van der Waals surface area contributed by atoms with Crippen molar-refractivity contribution in [3.63, 3.8) is 0 Å². The largest absolute Gasteiger partial charge is 0.508 e. The van der Waals surface area contributed by atoms with Crippen LogP contribution in [0.25, 0.3) is 0 Å². The minimum atomic E-state index is -0.469. The molecular weight excluding hydrogens is 280 g/mol. The van der Waals surface area contributed by atoms with Gasteiger partial charge in [-0.1, -0.05) is 0 Å². The molecule has 0 spiro atoms. The van der Waals surface area contributed by atoms with Gasteiger partial charge in [0.25, 0.3) is 0 Å². The topological polar surface area (TPSA) is 70.6 Å². The number of hydrogen-bond acceptors (Lipinski definition) is 4. The molecule has 0 bridgehead atoms. The van der Waals surface area contributed by atoms with Crippen LogP contribution in [0.5, 0.6) is 5.75 Å². The van der Waals surface area contributed by atoms with Gasteiger partial charge in [0, 0.05) is 17.8 Å². The second-order valence-corrected chi connectivity index (χ2v) is 7.00. The maximum atomic E-state index is 11.8. The average Bonchev–Trinajstić information content (AvgIpc) is 2.77. The van der Waals surface area contributed by atoms with E-state index in [2.05, 4.69) is 10.6 Å². The molecule has 1 aliphatic carbocycles. The summed E-state index contributed by atoms with van der Waals surface area (Å²) in [7, 11) is 0. The summed E-state index contributed by atoms with van der Waals surface area (Å²) in [5, 5.41) is 15.9. The van der Waals surface area contributed by atoms with Crippen molar-refractivity contribution in [2.24, 2.45) is 0 Å². The number of benzene rings is 1. The van der Waals surface area contributed by atoms with Crippen molar-refractivity contribution in [2.75, 3.05) is 5.32 Å². The first-order chi connectivity index (χ1) is 10.2. The number of phenolic OH excluding ortho intramolecular Hbond substituents is 1. The summed E-state index contributed by atoms with van der Waals surface area (Å²) in [6, 6.07) is 5.78. The van der Waals surface area contributed by atoms with Crippen molar-refractivity contribution >= 4 is 11.8 Å². The van der Waals surface area contributed by atoms with Gasteiger partial charge in [-0.25, -0.2) is 4.79 Å². The molecule has 2 unspecified atom stereocenters. The molecule has 1 aromatic rings. The lowest BCUT2D eigenvalue weighted by Gasteiger charge is -2.22. The van der Waals surface area contributed by atoms with Crippen molar-refractivity contribution in [3.05, 3.63) is 23.8 Å². The number of alkyl carbamates (subject to hydrolysis) is 1. The number of amides is 1. The number of ether oxygens (including phenoxy) is 1. The molecule has 0 aliphatic heterocycles. The van der Waals surface area contributed by atoms with E-state index in [0.29, 0.717) is 6.04 Å². The second kappa shape index (κ2) is 6.46. The van der Waals surface area contributed by atoms with Crippen LogP contribution in [-0.4, -0.2) is 28.9 Å². The summed E-state index contributed by atoms with van der Waals surface area (Å²) < 4.78 is 5.29. The van der Waals surface area contributed by atoms with Gasteiger partial charge in [0.2, 0.25) is 0 Å². The third kappa shape index (κ3) is 4.83. The minimum absolute atomic E-state index is 0.143. The number of hydrogen-bond donors (Lipinski definition) is 3. The fourth-order valence-corrected chi connectivity index (χ4v) is 2.75. The molecule has 0 aromatic heterocycles. The number of anilines is 1. The van der Waals surface area contributed by atoms with Gasteiger partial charge in [-0.3, -0.25) is 0 Å². The first kappa shape index (κ1) is 16.5. The Balaban J connectivity index is 1.84. The standard InChI is InChI=1S/C17H26N2O3/c1-11-9-14(20)7-8-15(11)18-12-5-6-13(10-12)19-16(21)22-17(2,3)4/h7-9,12-13,18,20H,5-6,10H2,1-4H3,(H,19,21). The number of carbonyl (C=O) groups excluding carboxylic acids is 1. The predicted molar refractivity (Wildman–Crippen MR) is 87.3 cm³/mol. The van der Waals surface area contributed by atoms with Gasteiger partial charge in [-0.15, -0.1) is 0 Å². The predicted octanol–water partition coefficient (Wildman–Crippen LogP) is 3.56. The number of rotatable bonds is 3. The lowest BCUT2D eigenvalue weighted by atomic mass is 10.1. The van der Waals surface area contributed by atoms with E-state index in [9.17, 15) is 9.90 Å². The Hall–Kier alpha value is -1.91. The number of aryl methyl sites for hydroxylation is 1. The molecule has 1 aliphatic rings. The monoisotopic (exact) mass is 306 g/mol. The van der Waals surface area contributed by atoms with Gasteiger partial charge in [0.05, 0.1) is 0 Å². The molecule has 3 N–H and O–H groups in total. The third-order valence-electron chi connectivity index (χ3n) is 3.72. The SMILES string of the molecule is Cc1cc(O)ccc1NC1CCC(NC(=O)OC(C)(C)C)C1. The highest BCUT2D eigenvalue weighted by Crippen LogP contribution is 2.26. The normalized spacial score (nSPS) is 21.5. The fourth-order valence-electron chi connectivity index (χ4n) is 2.75. The summed E-state index contributed by atoms with van der Waals surface area (Å²) in [5.41, 5.74) is 1.58. The van der Waals surface area contributed by atoms with Crippen LogP contribution < -0.4 is 10.6 Å². The number of nitrogens with one attached hydrogen (secondary N) is 2. The number of aromatic hydroxyl groups is 1. The third-order valence-corrected chi connectivity index (χ3v) is 3.72. The van der Waals surface area contributed by atoms with Gasteiger partial charge in [0.15, 0.2) is 0 Å². The average molecular weight is 306 g/mol. The van der Waals surface area contributed by atoms with Crippen molar-refractivity contribution < 1.29 is 14.6 Å². The summed E-state index contributed by atoms with van der Waals surface area (Å²) in [6.07, 6.45) is 2.47. The van der Waals surface area contributed by atoms with E-state index in [0.717, 1.165) is 30.5 Å². The quantitative estimate of drug-likeness (QED) is 0.747. The molecule has 5 nitrogen and oxygen atoms in total. The zero-order valence-electron chi connectivity index (χ0n) is 13.8. The lowest BCUT2D eigenvalue weighted by molar-refractivity contribution is 0.0505. The number of phenols is 1. The Morgan fingerprint density at radius 1 is 1.27 bits per heavy atom. The highest BCUT2D eigenvalue weighted by molar-refractivity contribution is 5.68. The van der Waals surface area contributed by atoms with E-state index in [4.69, 9.17) is 4.74 Å². The van der Waals surface area contributed by atoms with Crippen LogP contribution in [0.3, 0.4) is 0 Å². The van der Waals surface area contributed by atoms with Crippen molar-refractivity contribution in [3.8, 4) is 5.75 Å². The Kier molecular flexibility index (Phi) is 4.84. The molecule has 1 amide bonds. The van der Waals surface area contributed by atoms with E-state index in [-0.39, 0.29) is 17.9 Å². The van der Waals surface area contributed by atoms with E-state index in [1.165, 1.54) is 0 Å². The lowest BCUT2D eigenvalue weighted by Crippen LogP contribution is -2.38. The Bertz CT molecular complexity index is 537. The van der Waals surface area contributed by atoms with Crippen LogP contribution >= 0.6 is 0 Å². The molecule has 0 radical (unpaired) electrons. The van der Waals surface area contributed by atoms with Gasteiger partial charge >= 0.3 is 6.09 Å². The van der Waals surface area contributed by atoms with Gasteiger partial charge in [0.1, 0.15) is 11.4 Å². The van der Waals surface area contributed by atoms with Gasteiger partial charge in [-0.05, 0) is 70.7 Å². The maximum Gasteiger partial charge on any atom is 0.407 e. The summed E-state index contributed by atoms with van der Waals surface area (Å²) in [5.74, 6) is 0.277. The van der Waals surface area contributed by atoms with E-state index < -0.39 is 5.60 Å². The van der Waals surface area contributed by atoms with Crippen LogP contribution in [0.2, 0.25) is 0 Å². The zero-order valence-corrected chi connectivity index (χ0v) is 13.8. The molecule has 0 heterocycles. The van der Waals surface area contributed by atoms with Crippen LogP contribution in [0.4, 0.5) is 10.5 Å². The summed E-state index contributed by atoms with van der Waals surface area (Å²) in [4.78, 5) is 11.8. The highest BCUT2D eigenvalue weighted by Gasteiger charge is 2.27. The molecule has 5 heteroatoms. The molecular formula is C17H26N2O3. The van der Waals surface area contributed by atoms with Crippen molar-refractivity contribution in [1.82, 2.24) is 5.32 Å². The van der Waals surface area contributed by atoms with E-state index in [1.54, 1.807) is 12.1 Å². The van der Waals surface area contributed by atoms with E-state index in [1.807, 2.05) is 33.8 Å². The van der Waals surface area contributed by atoms with E-state index >= 15 is 0 Å². The Morgan fingerprint density at radius 3 is 2.59 bits per heavy atom. The van der Waals surface area contributed by atoms with Crippen molar-refractivity contribution in [1.29, 1.82) is 0 Å². The van der Waals surface area contributed by atoms with Crippen molar-refractivity contribution in [2.45, 2.75) is 64.6 Å². The summed E-state index contributed by atoms with van der Waals surface area (Å²) >= 11 is 0. The molecule has 122 valence electrons. The first-order valence-electron chi connectivity index (χ1n) is 7.78. The van der Waals surface area contributed by atoms with Crippen LogP contribution in [-0.2, 0) is 4.74 Å². The molecule has 1 fully saturated rings. The minimum Gasteiger partial charge on any atom is -0.508 e. The van der Waals surface area contributed by atoms with Gasteiger partial charge in [-0.2, -0.15) is 0 Å². The highest BCUT2D eigenvalue weighted by atomic mass is 16.6. The molecule has 22 heavy (non-hydrogen) atoms. The smallest absolute Gasteiger partial charge is 0.407 e. The van der Waals surface area contributed by atoms with Crippen LogP contribution in [0, 0.1) is 6.92 Å². The fraction of sp³-hybridized carbons (Fsp3) is 0.588.